The van der Waals surface area contributed by atoms with Gasteiger partial charge in [-0.3, -0.25) is 9.69 Å². The third kappa shape index (κ3) is 14.5. The number of carbonyl (C=O) groups excluding carboxylic acids is 1. The summed E-state index contributed by atoms with van der Waals surface area (Å²) in [4.78, 5) is 14.1. The zero-order valence-electron chi connectivity index (χ0n) is 22.1. The predicted octanol–water partition coefficient (Wildman–Crippen LogP) is 6.39. The summed E-state index contributed by atoms with van der Waals surface area (Å²) in [7, 11) is 0. The van der Waals surface area contributed by atoms with Crippen LogP contribution in [0.5, 0.6) is 0 Å². The van der Waals surface area contributed by atoms with Gasteiger partial charge in [0.25, 0.3) is 0 Å². The first-order valence-corrected chi connectivity index (χ1v) is 14.3. The minimum Gasteiger partial charge on any atom is -0.392 e. The number of rotatable bonds is 21. The zero-order chi connectivity index (χ0) is 24.3. The van der Waals surface area contributed by atoms with Gasteiger partial charge < -0.3 is 14.9 Å². The molecule has 0 aliphatic carbocycles. The number of hydrogen-bond acceptors (Lipinski definition) is 5. The molecular formula is C28H55NO4. The van der Waals surface area contributed by atoms with Crippen molar-refractivity contribution < 1.29 is 19.7 Å². The summed E-state index contributed by atoms with van der Waals surface area (Å²) in [5.74, 6) is -0.0905. The summed E-state index contributed by atoms with van der Waals surface area (Å²) in [6.07, 6.45) is 20.2. The zero-order valence-corrected chi connectivity index (χ0v) is 22.1. The lowest BCUT2D eigenvalue weighted by molar-refractivity contribution is -0.215. The van der Waals surface area contributed by atoms with Crippen LogP contribution in [0, 0.1) is 0 Å². The molecule has 1 heterocycles. The summed E-state index contributed by atoms with van der Waals surface area (Å²) in [6.45, 7) is 7.05. The van der Waals surface area contributed by atoms with Crippen LogP contribution in [0.3, 0.4) is 0 Å². The number of Topliss-reactive ketones (excluding diaryl/α,β-unsaturated/α-hetero) is 1. The van der Waals surface area contributed by atoms with Gasteiger partial charge in [-0.25, -0.2) is 0 Å². The maximum atomic E-state index is 12.2. The van der Waals surface area contributed by atoms with Gasteiger partial charge in [-0.05, 0) is 19.8 Å². The van der Waals surface area contributed by atoms with Gasteiger partial charge in [-0.15, -0.1) is 0 Å². The van der Waals surface area contributed by atoms with Crippen molar-refractivity contribution in [2.75, 3.05) is 13.1 Å². The lowest BCUT2D eigenvalue weighted by Crippen LogP contribution is -2.59. The molecular weight excluding hydrogens is 414 g/mol. The fraction of sp³-hybridized carbons (Fsp3) is 0.964. The van der Waals surface area contributed by atoms with E-state index in [0.717, 1.165) is 32.1 Å². The third-order valence-electron chi connectivity index (χ3n) is 7.07. The number of carbonyl (C=O) groups is 1. The SMILES string of the molecule is CCCCCCCCCCC(O)CN1CC(CCCCCCCCCC)OC(O)C1C(C)=O. The maximum absolute atomic E-state index is 12.2. The Morgan fingerprint density at radius 1 is 0.848 bits per heavy atom. The highest BCUT2D eigenvalue weighted by Crippen LogP contribution is 2.23. The molecule has 5 nitrogen and oxygen atoms in total. The van der Waals surface area contributed by atoms with E-state index in [-0.39, 0.29) is 11.9 Å². The van der Waals surface area contributed by atoms with Gasteiger partial charge >= 0.3 is 0 Å². The van der Waals surface area contributed by atoms with Crippen LogP contribution in [0.4, 0.5) is 0 Å². The van der Waals surface area contributed by atoms with E-state index in [0.29, 0.717) is 13.1 Å². The molecule has 0 aromatic carbocycles. The summed E-state index contributed by atoms with van der Waals surface area (Å²) in [5.41, 5.74) is 0. The number of aliphatic hydroxyl groups is 2. The minimum absolute atomic E-state index is 0.0639. The average Bonchev–Trinajstić information content (AvgIpc) is 2.77. The van der Waals surface area contributed by atoms with Crippen molar-refractivity contribution in [3.8, 4) is 0 Å². The Hall–Kier alpha value is -0.490. The number of aliphatic hydroxyl groups excluding tert-OH is 2. The summed E-state index contributed by atoms with van der Waals surface area (Å²) >= 11 is 0. The second kappa shape index (κ2) is 19.8. The van der Waals surface area contributed by atoms with Crippen LogP contribution in [0.1, 0.15) is 136 Å². The second-order valence-electron chi connectivity index (χ2n) is 10.3. The van der Waals surface area contributed by atoms with Gasteiger partial charge in [0.15, 0.2) is 12.1 Å². The van der Waals surface area contributed by atoms with Gasteiger partial charge in [0.05, 0.1) is 12.2 Å². The first-order chi connectivity index (χ1) is 16.0. The number of nitrogens with zero attached hydrogens (tertiary/aromatic N) is 1. The molecule has 2 N–H and O–H groups in total. The topological polar surface area (TPSA) is 70.0 Å². The molecule has 5 heteroatoms. The second-order valence-corrected chi connectivity index (χ2v) is 10.3. The molecule has 33 heavy (non-hydrogen) atoms. The highest BCUT2D eigenvalue weighted by atomic mass is 16.6. The van der Waals surface area contributed by atoms with Gasteiger partial charge in [0.2, 0.25) is 0 Å². The fourth-order valence-electron chi connectivity index (χ4n) is 5.06. The Kier molecular flexibility index (Phi) is 18.3. The fourth-order valence-corrected chi connectivity index (χ4v) is 5.06. The smallest absolute Gasteiger partial charge is 0.177 e. The van der Waals surface area contributed by atoms with Crippen molar-refractivity contribution in [1.29, 1.82) is 0 Å². The van der Waals surface area contributed by atoms with Crippen molar-refractivity contribution in [3.05, 3.63) is 0 Å². The first-order valence-electron chi connectivity index (χ1n) is 14.3. The Balaban J connectivity index is 2.31. The number of ether oxygens (including phenoxy) is 1. The van der Waals surface area contributed by atoms with E-state index in [1.165, 1.54) is 90.4 Å². The molecule has 1 fully saturated rings. The molecule has 0 aromatic heterocycles. The maximum Gasteiger partial charge on any atom is 0.177 e. The Bertz CT molecular complexity index is 471. The van der Waals surface area contributed by atoms with Gasteiger partial charge in [-0.1, -0.05) is 117 Å². The third-order valence-corrected chi connectivity index (χ3v) is 7.07. The van der Waals surface area contributed by atoms with E-state index in [9.17, 15) is 15.0 Å². The normalized spacial score (nSPS) is 22.5. The van der Waals surface area contributed by atoms with Crippen molar-refractivity contribution in [2.45, 2.75) is 161 Å². The van der Waals surface area contributed by atoms with Crippen molar-refractivity contribution in [2.24, 2.45) is 0 Å². The van der Waals surface area contributed by atoms with Crippen LogP contribution in [-0.2, 0) is 9.53 Å². The predicted molar refractivity (Wildman–Crippen MR) is 137 cm³/mol. The van der Waals surface area contributed by atoms with E-state index in [1.807, 2.05) is 4.90 Å². The average molecular weight is 470 g/mol. The van der Waals surface area contributed by atoms with E-state index < -0.39 is 18.4 Å². The monoisotopic (exact) mass is 469 g/mol. The van der Waals surface area contributed by atoms with Crippen molar-refractivity contribution >= 4 is 5.78 Å². The number of morpholine rings is 1. The van der Waals surface area contributed by atoms with E-state index in [1.54, 1.807) is 0 Å². The van der Waals surface area contributed by atoms with Crippen molar-refractivity contribution in [1.82, 2.24) is 4.90 Å². The quantitative estimate of drug-likeness (QED) is 0.191. The van der Waals surface area contributed by atoms with E-state index in [2.05, 4.69) is 13.8 Å². The molecule has 4 unspecified atom stereocenters. The molecule has 0 radical (unpaired) electrons. The number of unbranched alkanes of at least 4 members (excludes halogenated alkanes) is 14. The van der Waals surface area contributed by atoms with E-state index in [4.69, 9.17) is 4.74 Å². The highest BCUT2D eigenvalue weighted by molar-refractivity contribution is 5.82. The van der Waals surface area contributed by atoms with Crippen LogP contribution >= 0.6 is 0 Å². The highest BCUT2D eigenvalue weighted by Gasteiger charge is 2.39. The molecule has 1 aliphatic heterocycles. The first kappa shape index (κ1) is 30.5. The van der Waals surface area contributed by atoms with Crippen LogP contribution < -0.4 is 0 Å². The van der Waals surface area contributed by atoms with Crippen LogP contribution in [-0.4, -0.2) is 58.5 Å². The van der Waals surface area contributed by atoms with Crippen molar-refractivity contribution in [3.63, 3.8) is 0 Å². The van der Waals surface area contributed by atoms with E-state index >= 15 is 0 Å². The summed E-state index contributed by atoms with van der Waals surface area (Å²) in [5, 5.41) is 21.1. The van der Waals surface area contributed by atoms with Gasteiger partial charge in [0.1, 0.15) is 6.04 Å². The molecule has 1 aliphatic rings. The molecule has 0 saturated carbocycles. The molecule has 4 atom stereocenters. The van der Waals surface area contributed by atoms with Gasteiger partial charge in [-0.2, -0.15) is 0 Å². The lowest BCUT2D eigenvalue weighted by atomic mass is 10.0. The molecule has 0 bridgehead atoms. The number of β-amino-alcohol motifs (C(OH)–C–C–N with tert-alkyl or cyclic N) is 1. The summed E-state index contributed by atoms with van der Waals surface area (Å²) < 4.78 is 5.80. The largest absolute Gasteiger partial charge is 0.392 e. The lowest BCUT2D eigenvalue weighted by Gasteiger charge is -2.42. The summed E-state index contributed by atoms with van der Waals surface area (Å²) in [6, 6.07) is -0.659. The molecule has 1 saturated heterocycles. The molecule has 196 valence electrons. The minimum atomic E-state index is -1.09. The van der Waals surface area contributed by atoms with Crippen LogP contribution in [0.25, 0.3) is 0 Å². The molecule has 0 aromatic rings. The van der Waals surface area contributed by atoms with Gasteiger partial charge in [0, 0.05) is 13.1 Å². The molecule has 0 spiro atoms. The van der Waals surface area contributed by atoms with Crippen LogP contribution in [0.2, 0.25) is 0 Å². The Labute approximate surface area is 204 Å². The standard InChI is InChI=1S/C28H55NO4/c1-4-6-8-10-12-14-16-18-20-25(31)22-29-23-26(33-28(32)27(29)24(3)30)21-19-17-15-13-11-9-7-5-2/h25-28,31-32H,4-23H2,1-3H3. The van der Waals surface area contributed by atoms with Crippen LogP contribution in [0.15, 0.2) is 0 Å². The Morgan fingerprint density at radius 3 is 1.85 bits per heavy atom. The number of ketones is 1. The number of hydrogen-bond donors (Lipinski definition) is 2. The Morgan fingerprint density at radius 2 is 1.33 bits per heavy atom. The molecule has 0 amide bonds. The molecule has 1 rings (SSSR count).